The summed E-state index contributed by atoms with van der Waals surface area (Å²) in [5.41, 5.74) is 6.03. The van der Waals surface area contributed by atoms with E-state index in [2.05, 4.69) is 10.6 Å². The van der Waals surface area contributed by atoms with Gasteiger partial charge in [-0.05, 0) is 19.1 Å². The van der Waals surface area contributed by atoms with Gasteiger partial charge in [0.15, 0.2) is 0 Å². The minimum Gasteiger partial charge on any atom is -0.463 e. The van der Waals surface area contributed by atoms with Gasteiger partial charge in [0.1, 0.15) is 6.61 Å². The number of anilines is 1. The van der Waals surface area contributed by atoms with E-state index in [1.54, 1.807) is 6.92 Å². The highest BCUT2D eigenvalue weighted by molar-refractivity contribution is 6.37. The maximum atomic E-state index is 12.2. The molecule has 2 rings (SSSR count). The second-order valence-electron chi connectivity index (χ2n) is 4.91. The lowest BCUT2D eigenvalue weighted by atomic mass is 10.1. The van der Waals surface area contributed by atoms with Crippen molar-refractivity contribution in [3.63, 3.8) is 0 Å². The van der Waals surface area contributed by atoms with E-state index in [4.69, 9.17) is 38.4 Å². The number of nitrogens with one attached hydrogen (secondary N) is 2. The van der Waals surface area contributed by atoms with Gasteiger partial charge in [-0.3, -0.25) is 0 Å². The summed E-state index contributed by atoms with van der Waals surface area (Å²) in [5.74, 6) is -1.42. The highest BCUT2D eigenvalue weighted by atomic mass is 35.5. The minimum absolute atomic E-state index is 0.0176. The number of benzene rings is 1. The van der Waals surface area contributed by atoms with Gasteiger partial charge in [0, 0.05) is 5.02 Å². The molecule has 1 aliphatic rings. The molecule has 10 heteroatoms. The molecule has 1 aromatic rings. The van der Waals surface area contributed by atoms with Gasteiger partial charge in [-0.25, -0.2) is 14.4 Å². The number of esters is 2. The maximum absolute atomic E-state index is 12.2. The number of halogens is 2. The molecule has 1 aliphatic heterocycles. The largest absolute Gasteiger partial charge is 0.463 e. The van der Waals surface area contributed by atoms with Gasteiger partial charge < -0.3 is 25.8 Å². The van der Waals surface area contributed by atoms with Crippen LogP contribution in [0.4, 0.5) is 10.5 Å². The number of nitrogen functional groups attached to an aromatic ring is 1. The number of rotatable bonds is 5. The van der Waals surface area contributed by atoms with Crippen LogP contribution in [0.2, 0.25) is 10.0 Å². The maximum Gasteiger partial charge on any atom is 0.340 e. The van der Waals surface area contributed by atoms with Gasteiger partial charge in [-0.2, -0.15) is 0 Å². The Labute approximate surface area is 153 Å². The number of carbonyl (C=O) groups is 3. The van der Waals surface area contributed by atoms with Gasteiger partial charge in [-0.1, -0.05) is 23.2 Å². The Hall–Kier alpha value is -2.45. The average molecular weight is 388 g/mol. The Morgan fingerprint density at radius 1 is 1.24 bits per heavy atom. The molecule has 0 bridgehead atoms. The SMILES string of the molecule is CCOC(=O)C1=C(COC(=O)c2cc(Cl)cc(Cl)c2N)NC(=O)NC1. The first-order valence-electron chi connectivity index (χ1n) is 7.19. The molecule has 0 saturated carbocycles. The molecule has 2 amide bonds. The molecular weight excluding hydrogens is 373 g/mol. The van der Waals surface area contributed by atoms with Crippen LogP contribution in [0.1, 0.15) is 17.3 Å². The molecule has 1 aromatic carbocycles. The van der Waals surface area contributed by atoms with Crippen molar-refractivity contribution in [1.82, 2.24) is 10.6 Å². The molecule has 0 aromatic heterocycles. The number of amides is 2. The van der Waals surface area contributed by atoms with Crippen LogP contribution in [0.5, 0.6) is 0 Å². The lowest BCUT2D eigenvalue weighted by molar-refractivity contribution is -0.138. The van der Waals surface area contributed by atoms with E-state index in [0.29, 0.717) is 0 Å². The molecule has 8 nitrogen and oxygen atoms in total. The third-order valence-electron chi connectivity index (χ3n) is 3.24. The predicted octanol–water partition coefficient (Wildman–Crippen LogP) is 1.86. The Balaban J connectivity index is 2.18. The molecule has 0 saturated heterocycles. The summed E-state index contributed by atoms with van der Waals surface area (Å²) in [4.78, 5) is 35.6. The Morgan fingerprint density at radius 3 is 2.64 bits per heavy atom. The first-order chi connectivity index (χ1) is 11.8. The Kier molecular flexibility index (Phi) is 6.11. The van der Waals surface area contributed by atoms with Crippen LogP contribution in [0.25, 0.3) is 0 Å². The summed E-state index contributed by atoms with van der Waals surface area (Å²) in [5, 5.41) is 5.19. The second-order valence-corrected chi connectivity index (χ2v) is 5.75. The zero-order chi connectivity index (χ0) is 18.6. The van der Waals surface area contributed by atoms with E-state index in [0.717, 1.165) is 0 Å². The van der Waals surface area contributed by atoms with Crippen LogP contribution in [0, 0.1) is 0 Å². The van der Waals surface area contributed by atoms with Crippen molar-refractivity contribution in [3.8, 4) is 0 Å². The van der Waals surface area contributed by atoms with Crippen molar-refractivity contribution in [3.05, 3.63) is 39.0 Å². The Morgan fingerprint density at radius 2 is 1.96 bits per heavy atom. The summed E-state index contributed by atoms with van der Waals surface area (Å²) < 4.78 is 10.0. The van der Waals surface area contributed by atoms with Gasteiger partial charge in [0.2, 0.25) is 0 Å². The van der Waals surface area contributed by atoms with Crippen molar-refractivity contribution in [2.24, 2.45) is 0 Å². The summed E-state index contributed by atoms with van der Waals surface area (Å²) in [6.45, 7) is 1.42. The molecule has 0 fully saturated rings. The zero-order valence-corrected chi connectivity index (χ0v) is 14.7. The van der Waals surface area contributed by atoms with Crippen LogP contribution >= 0.6 is 23.2 Å². The highest BCUT2D eigenvalue weighted by Crippen LogP contribution is 2.28. The molecule has 0 aliphatic carbocycles. The molecule has 0 unspecified atom stereocenters. The van der Waals surface area contributed by atoms with Gasteiger partial charge in [-0.15, -0.1) is 0 Å². The summed E-state index contributed by atoms with van der Waals surface area (Å²) in [7, 11) is 0. The molecule has 0 spiro atoms. The predicted molar refractivity (Wildman–Crippen MR) is 91.4 cm³/mol. The van der Waals surface area contributed by atoms with Gasteiger partial charge in [0.25, 0.3) is 0 Å². The van der Waals surface area contributed by atoms with E-state index in [9.17, 15) is 14.4 Å². The Bertz CT molecular complexity index is 764. The van der Waals surface area contributed by atoms with E-state index in [1.165, 1.54) is 12.1 Å². The van der Waals surface area contributed by atoms with Crippen molar-refractivity contribution in [2.75, 3.05) is 25.5 Å². The van der Waals surface area contributed by atoms with Crippen LogP contribution in [0.3, 0.4) is 0 Å². The fourth-order valence-electron chi connectivity index (χ4n) is 2.04. The number of nitrogens with two attached hydrogens (primary N) is 1. The van der Waals surface area contributed by atoms with Crippen molar-refractivity contribution >= 4 is 46.9 Å². The van der Waals surface area contributed by atoms with Crippen molar-refractivity contribution in [1.29, 1.82) is 0 Å². The summed E-state index contributed by atoms with van der Waals surface area (Å²) in [6.07, 6.45) is 0. The first kappa shape index (κ1) is 18.9. The number of carbonyl (C=O) groups excluding carboxylic acids is 3. The lowest BCUT2D eigenvalue weighted by Crippen LogP contribution is -2.45. The third-order valence-corrected chi connectivity index (χ3v) is 3.77. The first-order valence-corrected chi connectivity index (χ1v) is 7.94. The number of ether oxygens (including phenoxy) is 2. The smallest absolute Gasteiger partial charge is 0.340 e. The van der Waals surface area contributed by atoms with Crippen molar-refractivity contribution in [2.45, 2.75) is 6.92 Å². The topological polar surface area (TPSA) is 120 Å². The molecule has 134 valence electrons. The normalized spacial score (nSPS) is 13.8. The highest BCUT2D eigenvalue weighted by Gasteiger charge is 2.25. The standard InChI is InChI=1S/C15H15Cl2N3O5/c1-2-24-14(22)9-5-19-15(23)20-11(9)6-25-13(21)8-3-7(16)4-10(17)12(8)18/h3-4H,2,5-6,18H2,1H3,(H2,19,20,23). The van der Waals surface area contributed by atoms with Crippen LogP contribution in [-0.2, 0) is 14.3 Å². The molecule has 0 atom stereocenters. The third kappa shape index (κ3) is 4.55. The fourth-order valence-corrected chi connectivity index (χ4v) is 2.53. The number of hydrogen-bond acceptors (Lipinski definition) is 6. The average Bonchev–Trinajstić information content (AvgIpc) is 2.56. The molecule has 1 heterocycles. The fraction of sp³-hybridized carbons (Fsp3) is 0.267. The monoisotopic (exact) mass is 387 g/mol. The quantitative estimate of drug-likeness (QED) is 0.523. The zero-order valence-electron chi connectivity index (χ0n) is 13.2. The van der Waals surface area contributed by atoms with E-state index in [-0.39, 0.29) is 52.3 Å². The second kappa shape index (κ2) is 8.09. The summed E-state index contributed by atoms with van der Waals surface area (Å²) >= 11 is 11.7. The van der Waals surface area contributed by atoms with Crippen molar-refractivity contribution < 1.29 is 23.9 Å². The van der Waals surface area contributed by atoms with Crippen LogP contribution < -0.4 is 16.4 Å². The molecule has 0 radical (unpaired) electrons. The number of hydrogen-bond donors (Lipinski definition) is 3. The molecule has 25 heavy (non-hydrogen) atoms. The minimum atomic E-state index is -0.801. The number of urea groups is 1. The van der Waals surface area contributed by atoms with Gasteiger partial charge in [0.05, 0.1) is 40.7 Å². The van der Waals surface area contributed by atoms with Crippen LogP contribution in [-0.4, -0.2) is 37.7 Å². The van der Waals surface area contributed by atoms with E-state index >= 15 is 0 Å². The molecular formula is C15H15Cl2N3O5. The van der Waals surface area contributed by atoms with E-state index < -0.39 is 18.0 Å². The van der Waals surface area contributed by atoms with Crippen LogP contribution in [0.15, 0.2) is 23.4 Å². The lowest BCUT2D eigenvalue weighted by Gasteiger charge is -2.21. The van der Waals surface area contributed by atoms with E-state index in [1.807, 2.05) is 0 Å². The molecule has 4 N–H and O–H groups in total. The van der Waals surface area contributed by atoms with Gasteiger partial charge >= 0.3 is 18.0 Å². The summed E-state index contributed by atoms with van der Waals surface area (Å²) in [6, 6.07) is 2.18.